The number of nitrogen functional groups attached to an aromatic ring is 1. The molecule has 25 heavy (non-hydrogen) atoms. The van der Waals surface area contributed by atoms with Gasteiger partial charge in [0.25, 0.3) is 0 Å². The Morgan fingerprint density at radius 1 is 1.08 bits per heavy atom. The number of Topliss-reactive ketones (excluding diaryl/α,β-unsaturated/α-hetero) is 1. The van der Waals surface area contributed by atoms with Crippen molar-refractivity contribution in [2.45, 2.75) is 6.54 Å². The Labute approximate surface area is 160 Å². The lowest BCUT2D eigenvalue weighted by atomic mass is 10.1. The van der Waals surface area contributed by atoms with Gasteiger partial charge in [-0.2, -0.15) is 0 Å². The summed E-state index contributed by atoms with van der Waals surface area (Å²) in [6.45, 7) is 0.102. The van der Waals surface area contributed by atoms with E-state index in [9.17, 15) is 4.79 Å². The molecular formula is C18H15Cl3N3O+. The van der Waals surface area contributed by atoms with Crippen LogP contribution in [0.3, 0.4) is 0 Å². The fourth-order valence-corrected chi connectivity index (χ4v) is 2.97. The van der Waals surface area contributed by atoms with Gasteiger partial charge in [0, 0.05) is 16.1 Å². The van der Waals surface area contributed by atoms with Crippen LogP contribution in [0.1, 0.15) is 10.4 Å². The average Bonchev–Trinajstić information content (AvgIpc) is 2.86. The van der Waals surface area contributed by atoms with Gasteiger partial charge in [-0.05, 0) is 42.5 Å². The number of halogens is 3. The maximum atomic E-state index is 12.5. The first-order valence-electron chi connectivity index (χ1n) is 7.45. The summed E-state index contributed by atoms with van der Waals surface area (Å²) in [6, 6.07) is 12.2. The summed E-state index contributed by atoms with van der Waals surface area (Å²) in [4.78, 5) is 12.5. The molecule has 0 radical (unpaired) electrons. The zero-order chi connectivity index (χ0) is 18.1. The quantitative estimate of drug-likeness (QED) is 0.525. The Balaban J connectivity index is 1.90. The van der Waals surface area contributed by atoms with Crippen molar-refractivity contribution in [3.05, 3.63) is 69.3 Å². The second kappa shape index (κ2) is 7.08. The van der Waals surface area contributed by atoms with Crippen LogP contribution >= 0.6 is 34.8 Å². The molecule has 0 saturated heterocycles. The molecule has 0 aliphatic heterocycles. The first-order chi connectivity index (χ1) is 11.9. The van der Waals surface area contributed by atoms with Crippen LogP contribution in [0.4, 0.5) is 5.95 Å². The van der Waals surface area contributed by atoms with Gasteiger partial charge in [0.1, 0.15) is 18.4 Å². The van der Waals surface area contributed by atoms with Gasteiger partial charge in [0.15, 0.2) is 5.78 Å². The van der Waals surface area contributed by atoms with Crippen LogP contribution in [-0.2, 0) is 13.6 Å². The van der Waals surface area contributed by atoms with Gasteiger partial charge in [0.2, 0.25) is 0 Å². The van der Waals surface area contributed by atoms with E-state index >= 15 is 0 Å². The van der Waals surface area contributed by atoms with Crippen molar-refractivity contribution in [3.8, 4) is 11.3 Å². The first-order valence-corrected chi connectivity index (χ1v) is 8.59. The SMILES string of the molecule is Cn1c(-c2ccc(Cl)cc2)c[n+](CC(=O)c2ccc(Cl)c(Cl)c2)c1N. The standard InChI is InChI=1S/C18H14Cl3N3O/c1-23-16(11-2-5-13(19)6-3-11)9-24(18(23)22)10-17(25)12-4-7-14(20)15(21)8-12/h2-9,22H,10H2,1H3/p+1. The van der Waals surface area contributed by atoms with Gasteiger partial charge in [-0.25, -0.2) is 9.13 Å². The molecule has 3 rings (SSSR count). The number of carbonyl (C=O) groups is 1. The van der Waals surface area contributed by atoms with Gasteiger partial charge in [-0.1, -0.05) is 34.8 Å². The zero-order valence-electron chi connectivity index (χ0n) is 13.3. The van der Waals surface area contributed by atoms with Gasteiger partial charge >= 0.3 is 5.95 Å². The number of aromatic nitrogens is 2. The zero-order valence-corrected chi connectivity index (χ0v) is 15.6. The Bertz CT molecular complexity index is 949. The van der Waals surface area contributed by atoms with Crippen LogP contribution in [0.5, 0.6) is 0 Å². The molecule has 0 fully saturated rings. The predicted molar refractivity (Wildman–Crippen MR) is 101 cm³/mol. The maximum absolute atomic E-state index is 12.5. The number of nitrogens with two attached hydrogens (primary N) is 1. The number of hydrogen-bond acceptors (Lipinski definition) is 2. The molecule has 2 N–H and O–H groups in total. The molecule has 0 spiro atoms. The minimum absolute atomic E-state index is 0.102. The van der Waals surface area contributed by atoms with E-state index in [0.29, 0.717) is 26.6 Å². The van der Waals surface area contributed by atoms with Crippen LogP contribution in [0, 0.1) is 0 Å². The fraction of sp³-hybridized carbons (Fsp3) is 0.111. The Morgan fingerprint density at radius 2 is 1.76 bits per heavy atom. The summed E-state index contributed by atoms with van der Waals surface area (Å²) < 4.78 is 3.53. The molecule has 2 aromatic carbocycles. The molecule has 128 valence electrons. The predicted octanol–water partition coefficient (Wildman–Crippen LogP) is 4.40. The minimum atomic E-state index is -0.108. The van der Waals surface area contributed by atoms with Crippen molar-refractivity contribution in [1.29, 1.82) is 0 Å². The molecule has 0 aliphatic carbocycles. The number of benzene rings is 2. The van der Waals surface area contributed by atoms with E-state index in [0.717, 1.165) is 11.3 Å². The molecule has 0 bridgehead atoms. The molecule has 1 aromatic heterocycles. The van der Waals surface area contributed by atoms with Crippen LogP contribution in [0.15, 0.2) is 48.7 Å². The van der Waals surface area contributed by atoms with Gasteiger partial charge in [-0.15, -0.1) is 0 Å². The van der Waals surface area contributed by atoms with E-state index in [4.69, 9.17) is 40.5 Å². The van der Waals surface area contributed by atoms with E-state index in [2.05, 4.69) is 0 Å². The number of rotatable bonds is 4. The summed E-state index contributed by atoms with van der Waals surface area (Å²) in [6.07, 6.45) is 1.84. The third kappa shape index (κ3) is 3.66. The van der Waals surface area contributed by atoms with E-state index < -0.39 is 0 Å². The molecule has 4 nitrogen and oxygen atoms in total. The second-order valence-corrected chi connectivity index (χ2v) is 6.87. The van der Waals surface area contributed by atoms with Crippen molar-refractivity contribution < 1.29 is 9.36 Å². The maximum Gasteiger partial charge on any atom is 0.355 e. The lowest BCUT2D eigenvalue weighted by Crippen LogP contribution is -2.39. The number of ketones is 1. The number of imidazole rings is 1. The highest BCUT2D eigenvalue weighted by Gasteiger charge is 2.20. The lowest BCUT2D eigenvalue weighted by Gasteiger charge is -2.02. The van der Waals surface area contributed by atoms with Crippen molar-refractivity contribution in [2.75, 3.05) is 5.73 Å². The first kappa shape index (κ1) is 17.8. The third-order valence-corrected chi connectivity index (χ3v) is 4.96. The van der Waals surface area contributed by atoms with E-state index in [1.807, 2.05) is 42.1 Å². The van der Waals surface area contributed by atoms with Crippen molar-refractivity contribution in [3.63, 3.8) is 0 Å². The Morgan fingerprint density at radius 3 is 2.40 bits per heavy atom. The van der Waals surface area contributed by atoms with Gasteiger partial charge < -0.3 is 0 Å². The molecule has 0 aliphatic rings. The minimum Gasteiger partial charge on any atom is -0.291 e. The Hall–Kier alpha value is -2.01. The molecule has 0 amide bonds. The Kier molecular flexibility index (Phi) is 5.04. The van der Waals surface area contributed by atoms with Crippen molar-refractivity contribution >= 4 is 46.5 Å². The average molecular weight is 396 g/mol. The highest BCUT2D eigenvalue weighted by molar-refractivity contribution is 6.42. The number of carbonyl (C=O) groups excluding carboxylic acids is 1. The van der Waals surface area contributed by atoms with Crippen LogP contribution in [0.25, 0.3) is 11.3 Å². The lowest BCUT2D eigenvalue weighted by molar-refractivity contribution is -0.667. The monoisotopic (exact) mass is 394 g/mol. The molecule has 0 atom stereocenters. The smallest absolute Gasteiger partial charge is 0.291 e. The largest absolute Gasteiger partial charge is 0.355 e. The third-order valence-electron chi connectivity index (χ3n) is 3.97. The summed E-state index contributed by atoms with van der Waals surface area (Å²) in [5.41, 5.74) is 8.48. The number of anilines is 1. The summed E-state index contributed by atoms with van der Waals surface area (Å²) >= 11 is 17.8. The normalized spacial score (nSPS) is 10.9. The fourth-order valence-electron chi connectivity index (χ4n) is 2.55. The topological polar surface area (TPSA) is 51.9 Å². The molecule has 7 heteroatoms. The van der Waals surface area contributed by atoms with Crippen LogP contribution in [0.2, 0.25) is 15.1 Å². The van der Waals surface area contributed by atoms with Crippen molar-refractivity contribution in [2.24, 2.45) is 7.05 Å². The molecule has 0 saturated carbocycles. The highest BCUT2D eigenvalue weighted by Crippen LogP contribution is 2.24. The number of nitrogens with zero attached hydrogens (tertiary/aromatic N) is 2. The molecule has 1 heterocycles. The highest BCUT2D eigenvalue weighted by atomic mass is 35.5. The second-order valence-electron chi connectivity index (χ2n) is 5.62. The van der Waals surface area contributed by atoms with E-state index in [1.54, 1.807) is 22.8 Å². The van der Waals surface area contributed by atoms with Gasteiger partial charge in [-0.3, -0.25) is 10.5 Å². The molecule has 3 aromatic rings. The van der Waals surface area contributed by atoms with E-state index in [1.165, 1.54) is 0 Å². The molecular weight excluding hydrogens is 381 g/mol. The van der Waals surface area contributed by atoms with E-state index in [-0.39, 0.29) is 12.3 Å². The summed E-state index contributed by atoms with van der Waals surface area (Å²) in [5, 5.41) is 1.42. The van der Waals surface area contributed by atoms with Crippen molar-refractivity contribution in [1.82, 2.24) is 4.57 Å². The summed E-state index contributed by atoms with van der Waals surface area (Å²) in [5.74, 6) is 0.363. The summed E-state index contributed by atoms with van der Waals surface area (Å²) in [7, 11) is 1.85. The van der Waals surface area contributed by atoms with Crippen LogP contribution in [-0.4, -0.2) is 10.4 Å². The molecule has 0 unspecified atom stereocenters. The van der Waals surface area contributed by atoms with Gasteiger partial charge in [0.05, 0.1) is 17.1 Å². The number of hydrogen-bond donors (Lipinski definition) is 1. The van der Waals surface area contributed by atoms with Crippen LogP contribution < -0.4 is 10.3 Å².